The third-order valence-corrected chi connectivity index (χ3v) is 4.46. The van der Waals surface area contributed by atoms with E-state index >= 15 is 0 Å². The summed E-state index contributed by atoms with van der Waals surface area (Å²) in [5.74, 6) is 0.868. The van der Waals surface area contributed by atoms with Crippen molar-refractivity contribution >= 4 is 12.8 Å². The van der Waals surface area contributed by atoms with Gasteiger partial charge in [-0.2, -0.15) is 0 Å². The molecule has 2 fully saturated rings. The second-order valence-corrected chi connectivity index (χ2v) is 6.06. The molecule has 2 heterocycles. The summed E-state index contributed by atoms with van der Waals surface area (Å²) in [5.41, 5.74) is 0. The molecule has 0 aromatic heterocycles. The first kappa shape index (κ1) is 12.7. The summed E-state index contributed by atoms with van der Waals surface area (Å²) < 4.78 is 2.17. The number of thiol groups is 1. The molecule has 0 saturated carbocycles. The fraction of sp³-hybridized carbons (Fsp3) is 1.00. The maximum atomic E-state index is 4.43. The first-order chi connectivity index (χ1) is 7.65. The van der Waals surface area contributed by atoms with Crippen LogP contribution < -0.4 is 0 Å². The van der Waals surface area contributed by atoms with Gasteiger partial charge in [-0.05, 0) is 32.7 Å². The van der Waals surface area contributed by atoms with Crippen LogP contribution in [-0.4, -0.2) is 66.5 Å². The summed E-state index contributed by atoms with van der Waals surface area (Å²) >= 11 is 4.43. The Balaban J connectivity index is 1.73. The molecular formula is C12H25N3S. The van der Waals surface area contributed by atoms with Crippen LogP contribution in [0.5, 0.6) is 0 Å². The average Bonchev–Trinajstić information content (AvgIpc) is 2.65. The summed E-state index contributed by atoms with van der Waals surface area (Å²) in [7, 11) is 2.22. The molecule has 2 unspecified atom stereocenters. The third kappa shape index (κ3) is 3.36. The van der Waals surface area contributed by atoms with Crippen molar-refractivity contribution in [2.24, 2.45) is 5.92 Å². The molecule has 0 aromatic rings. The largest absolute Gasteiger partial charge is 0.304 e. The van der Waals surface area contributed by atoms with Crippen LogP contribution >= 0.6 is 12.8 Å². The fourth-order valence-electron chi connectivity index (χ4n) is 2.90. The van der Waals surface area contributed by atoms with Crippen LogP contribution in [0.25, 0.3) is 0 Å². The number of piperazine rings is 1. The SMILES string of the molecule is CC(CC1CCN(S)C1)N1CCN(C)CC1. The number of nitrogens with zero attached hydrogens (tertiary/aromatic N) is 3. The van der Waals surface area contributed by atoms with Crippen LogP contribution in [0.4, 0.5) is 0 Å². The van der Waals surface area contributed by atoms with Crippen molar-refractivity contribution in [3.8, 4) is 0 Å². The predicted molar refractivity (Wildman–Crippen MR) is 71.8 cm³/mol. The normalized spacial score (nSPS) is 32.1. The Morgan fingerprint density at radius 1 is 1.19 bits per heavy atom. The van der Waals surface area contributed by atoms with Gasteiger partial charge in [-0.1, -0.05) is 12.8 Å². The van der Waals surface area contributed by atoms with E-state index in [0.717, 1.165) is 12.0 Å². The lowest BCUT2D eigenvalue weighted by Crippen LogP contribution is -2.48. The molecule has 2 aliphatic rings. The molecule has 3 nitrogen and oxygen atoms in total. The molecule has 0 bridgehead atoms. The van der Waals surface area contributed by atoms with Gasteiger partial charge in [-0.25, -0.2) is 0 Å². The summed E-state index contributed by atoms with van der Waals surface area (Å²) in [6.45, 7) is 9.70. The molecule has 0 spiro atoms. The molecule has 2 atom stereocenters. The molecule has 0 aliphatic carbocycles. The van der Waals surface area contributed by atoms with Gasteiger partial charge in [0.1, 0.15) is 0 Å². The standard InChI is InChI=1S/C12H25N3S/c1-11(9-12-3-4-15(16)10-12)14-7-5-13(2)6-8-14/h11-12,16H,3-10H2,1-2H3. The Labute approximate surface area is 105 Å². The monoisotopic (exact) mass is 243 g/mol. The van der Waals surface area contributed by atoms with Crippen LogP contribution in [0.3, 0.4) is 0 Å². The first-order valence-electron chi connectivity index (χ1n) is 6.51. The molecule has 2 saturated heterocycles. The van der Waals surface area contributed by atoms with Crippen LogP contribution in [0, 0.1) is 5.92 Å². The number of rotatable bonds is 3. The molecule has 2 aliphatic heterocycles. The lowest BCUT2D eigenvalue weighted by Gasteiger charge is -2.37. The van der Waals surface area contributed by atoms with E-state index in [2.05, 4.69) is 40.9 Å². The molecule has 0 amide bonds. The molecule has 0 radical (unpaired) electrons. The molecule has 16 heavy (non-hydrogen) atoms. The summed E-state index contributed by atoms with van der Waals surface area (Å²) in [4.78, 5) is 5.08. The number of likely N-dealkylation sites (N-methyl/N-ethyl adjacent to an activating group) is 1. The second kappa shape index (κ2) is 5.71. The van der Waals surface area contributed by atoms with Crippen molar-refractivity contribution in [1.29, 1.82) is 0 Å². The van der Waals surface area contributed by atoms with Gasteiger partial charge in [0.15, 0.2) is 0 Å². The van der Waals surface area contributed by atoms with Gasteiger partial charge >= 0.3 is 0 Å². The highest BCUT2D eigenvalue weighted by Gasteiger charge is 2.25. The van der Waals surface area contributed by atoms with Crippen molar-refractivity contribution in [3.05, 3.63) is 0 Å². The number of hydrogen-bond donors (Lipinski definition) is 1. The molecule has 2 rings (SSSR count). The van der Waals surface area contributed by atoms with Crippen molar-refractivity contribution in [1.82, 2.24) is 14.1 Å². The molecule has 4 heteroatoms. The third-order valence-electron chi connectivity index (χ3n) is 4.10. The second-order valence-electron chi connectivity index (χ2n) is 5.49. The smallest absolute Gasteiger partial charge is 0.0116 e. The van der Waals surface area contributed by atoms with Gasteiger partial charge in [-0.15, -0.1) is 0 Å². The minimum absolute atomic E-state index is 0.749. The highest BCUT2D eigenvalue weighted by molar-refractivity contribution is 7.77. The van der Waals surface area contributed by atoms with Gasteiger partial charge in [0.2, 0.25) is 0 Å². The van der Waals surface area contributed by atoms with Crippen LogP contribution in [-0.2, 0) is 0 Å². The average molecular weight is 243 g/mol. The van der Waals surface area contributed by atoms with E-state index in [4.69, 9.17) is 0 Å². The summed E-state index contributed by atoms with van der Waals surface area (Å²) in [6.07, 6.45) is 2.68. The van der Waals surface area contributed by atoms with Gasteiger partial charge in [0, 0.05) is 45.3 Å². The highest BCUT2D eigenvalue weighted by atomic mass is 32.1. The fourth-order valence-corrected chi connectivity index (χ4v) is 3.25. The van der Waals surface area contributed by atoms with E-state index in [1.54, 1.807) is 0 Å². The van der Waals surface area contributed by atoms with Crippen LogP contribution in [0.1, 0.15) is 19.8 Å². The van der Waals surface area contributed by atoms with E-state index < -0.39 is 0 Å². The zero-order valence-corrected chi connectivity index (χ0v) is 11.5. The van der Waals surface area contributed by atoms with E-state index in [1.165, 1.54) is 52.1 Å². The van der Waals surface area contributed by atoms with Gasteiger partial charge in [0.05, 0.1) is 0 Å². The maximum absolute atomic E-state index is 4.43. The van der Waals surface area contributed by atoms with Crippen molar-refractivity contribution in [3.63, 3.8) is 0 Å². The Bertz CT molecular complexity index is 216. The Kier molecular flexibility index (Phi) is 4.53. The Hall–Kier alpha value is 0.230. The highest BCUT2D eigenvalue weighted by Crippen LogP contribution is 2.24. The topological polar surface area (TPSA) is 9.72 Å². The summed E-state index contributed by atoms with van der Waals surface area (Å²) in [5, 5.41) is 0. The van der Waals surface area contributed by atoms with Crippen molar-refractivity contribution in [2.75, 3.05) is 46.3 Å². The summed E-state index contributed by atoms with van der Waals surface area (Å²) in [6, 6.07) is 0.749. The van der Waals surface area contributed by atoms with Crippen molar-refractivity contribution in [2.45, 2.75) is 25.8 Å². The Morgan fingerprint density at radius 2 is 1.88 bits per heavy atom. The molecule has 0 aromatic carbocycles. The van der Waals surface area contributed by atoms with E-state index in [0.29, 0.717) is 0 Å². The zero-order chi connectivity index (χ0) is 11.5. The minimum Gasteiger partial charge on any atom is -0.304 e. The van der Waals surface area contributed by atoms with Gasteiger partial charge in [-0.3, -0.25) is 9.21 Å². The maximum Gasteiger partial charge on any atom is 0.0116 e. The first-order valence-corrected chi connectivity index (χ1v) is 6.91. The van der Waals surface area contributed by atoms with Crippen molar-refractivity contribution < 1.29 is 0 Å². The lowest BCUT2D eigenvalue weighted by molar-refractivity contribution is 0.107. The van der Waals surface area contributed by atoms with Gasteiger partial charge in [0.25, 0.3) is 0 Å². The minimum atomic E-state index is 0.749. The van der Waals surface area contributed by atoms with Crippen LogP contribution in [0.15, 0.2) is 0 Å². The van der Waals surface area contributed by atoms with Crippen LogP contribution in [0.2, 0.25) is 0 Å². The molecule has 0 N–H and O–H groups in total. The van der Waals surface area contributed by atoms with E-state index in [1.807, 2.05) is 0 Å². The molecular weight excluding hydrogens is 218 g/mol. The lowest BCUT2D eigenvalue weighted by atomic mass is 9.99. The Morgan fingerprint density at radius 3 is 2.44 bits per heavy atom. The number of hydrogen-bond acceptors (Lipinski definition) is 4. The quantitative estimate of drug-likeness (QED) is 0.746. The molecule has 94 valence electrons. The van der Waals surface area contributed by atoms with E-state index in [-0.39, 0.29) is 0 Å². The van der Waals surface area contributed by atoms with E-state index in [9.17, 15) is 0 Å². The predicted octanol–water partition coefficient (Wildman–Crippen LogP) is 1.18. The zero-order valence-electron chi connectivity index (χ0n) is 10.6. The van der Waals surface area contributed by atoms with Gasteiger partial charge < -0.3 is 4.90 Å².